The highest BCUT2D eigenvalue weighted by Gasteiger charge is 2.19. The van der Waals surface area contributed by atoms with E-state index in [1.807, 2.05) is 6.92 Å². The first-order chi connectivity index (χ1) is 13.2. The van der Waals surface area contributed by atoms with Gasteiger partial charge in [-0.15, -0.1) is 0 Å². The van der Waals surface area contributed by atoms with E-state index in [0.29, 0.717) is 6.61 Å². The highest BCUT2D eigenvalue weighted by molar-refractivity contribution is 5.83. The molecular weight excluding hydrogens is 334 g/mol. The molecule has 1 aliphatic rings. The predicted molar refractivity (Wildman–Crippen MR) is 112 cm³/mol. The van der Waals surface area contributed by atoms with E-state index in [4.69, 9.17) is 9.72 Å². The smallest absolute Gasteiger partial charge is 0.129 e. The third kappa shape index (κ3) is 4.06. The van der Waals surface area contributed by atoms with Gasteiger partial charge in [0.15, 0.2) is 0 Å². The summed E-state index contributed by atoms with van der Waals surface area (Å²) in [7, 11) is 0. The van der Waals surface area contributed by atoms with Crippen LogP contribution in [0.3, 0.4) is 0 Å². The molecule has 0 atom stereocenters. The summed E-state index contributed by atoms with van der Waals surface area (Å²) in [4.78, 5) is 9.81. The van der Waals surface area contributed by atoms with Crippen LogP contribution in [0, 0.1) is 6.92 Å². The van der Waals surface area contributed by atoms with Gasteiger partial charge in [0.1, 0.15) is 11.6 Å². The average molecular weight is 361 g/mol. The van der Waals surface area contributed by atoms with Crippen LogP contribution in [0.1, 0.15) is 18.1 Å². The molecule has 0 bridgehead atoms. The number of para-hydroxylation sites is 1. The van der Waals surface area contributed by atoms with Gasteiger partial charge in [-0.05, 0) is 49.2 Å². The monoisotopic (exact) mass is 361 g/mol. The number of hydrogen-bond donors (Lipinski definition) is 0. The molecule has 4 rings (SSSR count). The standard InChI is InChI=1S/C23H27N3O/c1-3-27-20-10-8-19(9-11-20)17-25-12-14-26(15-13-25)23-16-18(2)21-6-4-5-7-22(21)24-23/h4-11,16H,3,12-15,17H2,1-2H3. The van der Waals surface area contributed by atoms with Gasteiger partial charge in [0.25, 0.3) is 0 Å². The van der Waals surface area contributed by atoms with E-state index < -0.39 is 0 Å². The Kier molecular flexibility index (Phi) is 5.26. The summed E-state index contributed by atoms with van der Waals surface area (Å²) in [5, 5.41) is 1.25. The Morgan fingerprint density at radius 3 is 2.44 bits per heavy atom. The van der Waals surface area contributed by atoms with E-state index in [-0.39, 0.29) is 0 Å². The number of ether oxygens (including phenoxy) is 1. The first-order valence-electron chi connectivity index (χ1n) is 9.78. The second-order valence-electron chi connectivity index (χ2n) is 7.15. The van der Waals surface area contributed by atoms with Crippen LogP contribution in [0.15, 0.2) is 54.6 Å². The zero-order valence-electron chi connectivity index (χ0n) is 16.2. The van der Waals surface area contributed by atoms with Crippen molar-refractivity contribution >= 4 is 16.7 Å². The summed E-state index contributed by atoms with van der Waals surface area (Å²) in [5.41, 5.74) is 3.73. The summed E-state index contributed by atoms with van der Waals surface area (Å²) < 4.78 is 5.53. The highest BCUT2D eigenvalue weighted by atomic mass is 16.5. The largest absolute Gasteiger partial charge is 0.494 e. The number of aryl methyl sites for hydroxylation is 1. The van der Waals surface area contributed by atoms with E-state index >= 15 is 0 Å². The van der Waals surface area contributed by atoms with Crippen molar-refractivity contribution in [3.8, 4) is 5.75 Å². The summed E-state index contributed by atoms with van der Waals surface area (Å²) in [5.74, 6) is 2.05. The van der Waals surface area contributed by atoms with Gasteiger partial charge in [0.2, 0.25) is 0 Å². The molecule has 1 fully saturated rings. The molecule has 1 aliphatic heterocycles. The van der Waals surface area contributed by atoms with E-state index in [9.17, 15) is 0 Å². The Labute approximate surface area is 161 Å². The highest BCUT2D eigenvalue weighted by Crippen LogP contribution is 2.23. The summed E-state index contributed by atoms with van der Waals surface area (Å²) in [6.45, 7) is 10.0. The van der Waals surface area contributed by atoms with Crippen molar-refractivity contribution in [1.29, 1.82) is 0 Å². The average Bonchev–Trinajstić information content (AvgIpc) is 2.70. The summed E-state index contributed by atoms with van der Waals surface area (Å²) >= 11 is 0. The number of benzene rings is 2. The number of anilines is 1. The van der Waals surface area contributed by atoms with E-state index in [2.05, 4.69) is 71.3 Å². The number of pyridine rings is 1. The van der Waals surface area contributed by atoms with Gasteiger partial charge in [0, 0.05) is 38.1 Å². The molecule has 1 aromatic heterocycles. The van der Waals surface area contributed by atoms with E-state index in [1.165, 1.54) is 16.5 Å². The molecule has 0 aliphatic carbocycles. The Morgan fingerprint density at radius 2 is 1.70 bits per heavy atom. The van der Waals surface area contributed by atoms with Crippen LogP contribution in [0.2, 0.25) is 0 Å². The molecule has 2 aromatic carbocycles. The molecule has 27 heavy (non-hydrogen) atoms. The van der Waals surface area contributed by atoms with Crippen molar-refractivity contribution in [3.63, 3.8) is 0 Å². The van der Waals surface area contributed by atoms with Crippen molar-refractivity contribution in [1.82, 2.24) is 9.88 Å². The van der Waals surface area contributed by atoms with Crippen LogP contribution in [0.5, 0.6) is 5.75 Å². The fraction of sp³-hybridized carbons (Fsp3) is 0.348. The topological polar surface area (TPSA) is 28.6 Å². The minimum Gasteiger partial charge on any atom is -0.494 e. The third-order valence-corrected chi connectivity index (χ3v) is 5.25. The number of piperazine rings is 1. The maximum absolute atomic E-state index is 5.53. The number of aromatic nitrogens is 1. The quantitative estimate of drug-likeness (QED) is 0.679. The first kappa shape index (κ1) is 17.8. The molecule has 0 N–H and O–H groups in total. The van der Waals surface area contributed by atoms with Crippen molar-refractivity contribution < 1.29 is 4.74 Å². The lowest BCUT2D eigenvalue weighted by Crippen LogP contribution is -2.46. The van der Waals surface area contributed by atoms with Crippen LogP contribution >= 0.6 is 0 Å². The molecule has 3 aromatic rings. The number of nitrogens with zero attached hydrogens (tertiary/aromatic N) is 3. The Balaban J connectivity index is 1.39. The Bertz CT molecular complexity index is 899. The fourth-order valence-electron chi connectivity index (χ4n) is 3.74. The van der Waals surface area contributed by atoms with Gasteiger partial charge in [0.05, 0.1) is 12.1 Å². The van der Waals surface area contributed by atoms with Crippen molar-refractivity contribution in [3.05, 3.63) is 65.7 Å². The summed E-state index contributed by atoms with van der Waals surface area (Å²) in [6.07, 6.45) is 0. The molecule has 0 saturated carbocycles. The Morgan fingerprint density at radius 1 is 0.963 bits per heavy atom. The van der Waals surface area contributed by atoms with Gasteiger partial charge >= 0.3 is 0 Å². The van der Waals surface area contributed by atoms with Crippen LogP contribution in [0.4, 0.5) is 5.82 Å². The Hall–Kier alpha value is -2.59. The molecule has 0 spiro atoms. The van der Waals surface area contributed by atoms with Gasteiger partial charge in [-0.1, -0.05) is 30.3 Å². The SMILES string of the molecule is CCOc1ccc(CN2CCN(c3cc(C)c4ccccc4n3)CC2)cc1. The third-order valence-electron chi connectivity index (χ3n) is 5.25. The molecule has 1 saturated heterocycles. The van der Waals surface area contributed by atoms with Crippen LogP contribution in [-0.4, -0.2) is 42.7 Å². The van der Waals surface area contributed by atoms with Crippen LogP contribution in [0.25, 0.3) is 10.9 Å². The maximum atomic E-state index is 5.53. The van der Waals surface area contributed by atoms with Crippen molar-refractivity contribution in [2.45, 2.75) is 20.4 Å². The lowest BCUT2D eigenvalue weighted by atomic mass is 10.1. The lowest BCUT2D eigenvalue weighted by Gasteiger charge is -2.35. The molecular formula is C23H27N3O. The number of hydrogen-bond acceptors (Lipinski definition) is 4. The number of fused-ring (bicyclic) bond motifs is 1. The lowest BCUT2D eigenvalue weighted by molar-refractivity contribution is 0.249. The molecule has 4 nitrogen and oxygen atoms in total. The minimum absolute atomic E-state index is 0.712. The van der Waals surface area contributed by atoms with Gasteiger partial charge in [-0.3, -0.25) is 4.90 Å². The van der Waals surface area contributed by atoms with Crippen molar-refractivity contribution in [2.75, 3.05) is 37.7 Å². The summed E-state index contributed by atoms with van der Waals surface area (Å²) in [6, 6.07) is 19.1. The van der Waals surface area contributed by atoms with E-state index in [1.54, 1.807) is 0 Å². The fourth-order valence-corrected chi connectivity index (χ4v) is 3.74. The molecule has 140 valence electrons. The zero-order valence-corrected chi connectivity index (χ0v) is 16.2. The zero-order chi connectivity index (χ0) is 18.6. The molecule has 0 amide bonds. The second-order valence-corrected chi connectivity index (χ2v) is 7.15. The molecule has 2 heterocycles. The molecule has 0 radical (unpaired) electrons. The molecule has 0 unspecified atom stereocenters. The van der Waals surface area contributed by atoms with Gasteiger partial charge in [-0.2, -0.15) is 0 Å². The maximum Gasteiger partial charge on any atom is 0.129 e. The number of rotatable bonds is 5. The normalized spacial score (nSPS) is 15.3. The van der Waals surface area contributed by atoms with Gasteiger partial charge in [-0.25, -0.2) is 4.98 Å². The minimum atomic E-state index is 0.712. The van der Waals surface area contributed by atoms with Crippen molar-refractivity contribution in [2.24, 2.45) is 0 Å². The second kappa shape index (κ2) is 7.97. The predicted octanol–water partition coefficient (Wildman–Crippen LogP) is 4.26. The van der Waals surface area contributed by atoms with Gasteiger partial charge < -0.3 is 9.64 Å². The van der Waals surface area contributed by atoms with E-state index in [0.717, 1.165) is 49.8 Å². The molecule has 4 heteroatoms. The first-order valence-corrected chi connectivity index (χ1v) is 9.78. The van der Waals surface area contributed by atoms with Crippen LogP contribution < -0.4 is 9.64 Å². The van der Waals surface area contributed by atoms with Crippen LogP contribution in [-0.2, 0) is 6.54 Å².